The van der Waals surface area contributed by atoms with Crippen molar-refractivity contribution in [2.45, 2.75) is 6.92 Å². The Hall–Kier alpha value is -2.60. The number of aromatic nitrogens is 1. The molecule has 0 saturated carbocycles. The average molecular weight is 354 g/mol. The minimum Gasteiger partial charge on any atom is -0.383 e. The van der Waals surface area contributed by atoms with Gasteiger partial charge in [-0.05, 0) is 36.8 Å². The molecule has 1 fully saturated rings. The molecule has 1 aliphatic heterocycles. The molecule has 0 spiro atoms. The molecule has 0 atom stereocenters. The Morgan fingerprint density at radius 1 is 1.15 bits per heavy atom. The highest BCUT2D eigenvalue weighted by Crippen LogP contribution is 2.20. The summed E-state index contributed by atoms with van der Waals surface area (Å²) in [7, 11) is 1.61. The standard InChI is InChI=1S/C20H26N4O2/c1-16-4-3-5-18(14-16)23-9-11-24(12-10-23)19-7-6-17(15-22-19)20(25)21-8-13-26-2/h3-7,14-15H,8-13H2,1-2H3,(H,21,25). The summed E-state index contributed by atoms with van der Waals surface area (Å²) in [6, 6.07) is 12.4. The third-order valence-corrected chi connectivity index (χ3v) is 4.57. The van der Waals surface area contributed by atoms with Crippen LogP contribution in [0.15, 0.2) is 42.6 Å². The van der Waals surface area contributed by atoms with Crippen LogP contribution in [0.4, 0.5) is 11.5 Å². The summed E-state index contributed by atoms with van der Waals surface area (Å²) in [6.07, 6.45) is 1.64. The molecule has 1 aromatic heterocycles. The summed E-state index contributed by atoms with van der Waals surface area (Å²) in [5.74, 6) is 0.799. The largest absolute Gasteiger partial charge is 0.383 e. The number of ether oxygens (including phenoxy) is 1. The van der Waals surface area contributed by atoms with E-state index in [-0.39, 0.29) is 5.91 Å². The Kier molecular flexibility index (Phi) is 6.07. The van der Waals surface area contributed by atoms with E-state index in [0.717, 1.165) is 32.0 Å². The number of rotatable bonds is 6. The van der Waals surface area contributed by atoms with E-state index in [4.69, 9.17) is 4.74 Å². The van der Waals surface area contributed by atoms with Crippen molar-refractivity contribution in [3.8, 4) is 0 Å². The predicted octanol–water partition coefficient (Wildman–Crippen LogP) is 2.09. The highest BCUT2D eigenvalue weighted by molar-refractivity contribution is 5.94. The summed E-state index contributed by atoms with van der Waals surface area (Å²) in [5, 5.41) is 2.80. The van der Waals surface area contributed by atoms with Crippen LogP contribution in [0, 0.1) is 6.92 Å². The summed E-state index contributed by atoms with van der Waals surface area (Å²) < 4.78 is 4.93. The number of methoxy groups -OCH3 is 1. The van der Waals surface area contributed by atoms with Crippen LogP contribution >= 0.6 is 0 Å². The summed E-state index contributed by atoms with van der Waals surface area (Å²) in [4.78, 5) is 21.2. The van der Waals surface area contributed by atoms with Gasteiger partial charge in [-0.3, -0.25) is 4.79 Å². The van der Waals surface area contributed by atoms with Gasteiger partial charge in [0.1, 0.15) is 5.82 Å². The van der Waals surface area contributed by atoms with Crippen molar-refractivity contribution >= 4 is 17.4 Å². The van der Waals surface area contributed by atoms with E-state index >= 15 is 0 Å². The fraction of sp³-hybridized carbons (Fsp3) is 0.400. The van der Waals surface area contributed by atoms with E-state index in [0.29, 0.717) is 18.7 Å². The van der Waals surface area contributed by atoms with E-state index in [1.54, 1.807) is 13.3 Å². The van der Waals surface area contributed by atoms with E-state index in [9.17, 15) is 4.79 Å². The minimum absolute atomic E-state index is 0.120. The normalized spacial score (nSPS) is 14.4. The van der Waals surface area contributed by atoms with Crippen molar-refractivity contribution in [3.63, 3.8) is 0 Å². The number of carbonyl (C=O) groups is 1. The van der Waals surface area contributed by atoms with Crippen molar-refractivity contribution in [1.82, 2.24) is 10.3 Å². The number of piperazine rings is 1. The molecule has 0 radical (unpaired) electrons. The molecule has 1 aromatic carbocycles. The molecule has 1 N–H and O–H groups in total. The zero-order valence-electron chi connectivity index (χ0n) is 15.4. The maximum Gasteiger partial charge on any atom is 0.252 e. The molecule has 3 rings (SSSR count). The van der Waals surface area contributed by atoms with Gasteiger partial charge in [0.15, 0.2) is 0 Å². The highest BCUT2D eigenvalue weighted by atomic mass is 16.5. The van der Waals surface area contributed by atoms with Gasteiger partial charge in [-0.25, -0.2) is 4.98 Å². The Balaban J connectivity index is 1.55. The number of nitrogens with one attached hydrogen (secondary N) is 1. The Morgan fingerprint density at radius 2 is 1.92 bits per heavy atom. The summed E-state index contributed by atoms with van der Waals surface area (Å²) in [5.41, 5.74) is 3.13. The number of amides is 1. The topological polar surface area (TPSA) is 57.7 Å². The third-order valence-electron chi connectivity index (χ3n) is 4.57. The minimum atomic E-state index is -0.120. The van der Waals surface area contributed by atoms with Crippen molar-refractivity contribution < 1.29 is 9.53 Å². The Morgan fingerprint density at radius 3 is 2.58 bits per heavy atom. The number of carbonyl (C=O) groups excluding carboxylic acids is 1. The molecule has 6 nitrogen and oxygen atoms in total. The van der Waals surface area contributed by atoms with Crippen molar-refractivity contribution in [2.75, 3.05) is 56.2 Å². The van der Waals surface area contributed by atoms with Crippen LogP contribution in [0.2, 0.25) is 0 Å². The second kappa shape index (κ2) is 8.67. The SMILES string of the molecule is COCCNC(=O)c1ccc(N2CCN(c3cccc(C)c3)CC2)nc1. The lowest BCUT2D eigenvalue weighted by atomic mass is 10.2. The number of benzene rings is 1. The summed E-state index contributed by atoms with van der Waals surface area (Å²) >= 11 is 0. The van der Waals surface area contributed by atoms with Crippen LogP contribution in [0.5, 0.6) is 0 Å². The fourth-order valence-corrected chi connectivity index (χ4v) is 3.09. The van der Waals surface area contributed by atoms with Crippen LogP contribution in [-0.4, -0.2) is 57.3 Å². The maximum atomic E-state index is 12.0. The van der Waals surface area contributed by atoms with Crippen LogP contribution in [0.3, 0.4) is 0 Å². The number of hydrogen-bond acceptors (Lipinski definition) is 5. The first-order chi connectivity index (χ1) is 12.7. The predicted molar refractivity (Wildman–Crippen MR) is 104 cm³/mol. The van der Waals surface area contributed by atoms with Crippen LogP contribution in [0.1, 0.15) is 15.9 Å². The van der Waals surface area contributed by atoms with Crippen molar-refractivity contribution in [1.29, 1.82) is 0 Å². The molecule has 0 aliphatic carbocycles. The zero-order chi connectivity index (χ0) is 18.4. The number of hydrogen-bond donors (Lipinski definition) is 1. The molecule has 0 unspecified atom stereocenters. The van der Waals surface area contributed by atoms with E-state index in [2.05, 4.69) is 51.3 Å². The first-order valence-electron chi connectivity index (χ1n) is 8.97. The van der Waals surface area contributed by atoms with Crippen LogP contribution < -0.4 is 15.1 Å². The summed E-state index contributed by atoms with van der Waals surface area (Å²) in [6.45, 7) is 6.88. The van der Waals surface area contributed by atoms with Gasteiger partial charge in [-0.15, -0.1) is 0 Å². The molecular formula is C20H26N4O2. The lowest BCUT2D eigenvalue weighted by Gasteiger charge is -2.36. The maximum absolute atomic E-state index is 12.0. The number of pyridine rings is 1. The number of aryl methyl sites for hydroxylation is 1. The zero-order valence-corrected chi connectivity index (χ0v) is 15.4. The van der Waals surface area contributed by atoms with E-state index in [1.165, 1.54) is 11.3 Å². The van der Waals surface area contributed by atoms with Gasteiger partial charge in [0.25, 0.3) is 5.91 Å². The third kappa shape index (κ3) is 4.52. The highest BCUT2D eigenvalue weighted by Gasteiger charge is 2.18. The van der Waals surface area contributed by atoms with Crippen molar-refractivity contribution in [3.05, 3.63) is 53.7 Å². The van der Waals surface area contributed by atoms with Gasteiger partial charge >= 0.3 is 0 Å². The molecule has 1 amide bonds. The molecule has 1 aliphatic rings. The molecule has 0 bridgehead atoms. The quantitative estimate of drug-likeness (QED) is 0.805. The molecule has 1 saturated heterocycles. The lowest BCUT2D eigenvalue weighted by molar-refractivity contribution is 0.0937. The molecule has 26 heavy (non-hydrogen) atoms. The van der Waals surface area contributed by atoms with Gasteiger partial charge in [-0.1, -0.05) is 12.1 Å². The first kappa shape index (κ1) is 18.2. The van der Waals surface area contributed by atoms with E-state index in [1.807, 2.05) is 12.1 Å². The molecule has 138 valence electrons. The van der Waals surface area contributed by atoms with E-state index < -0.39 is 0 Å². The van der Waals surface area contributed by atoms with Crippen molar-refractivity contribution in [2.24, 2.45) is 0 Å². The lowest BCUT2D eigenvalue weighted by Crippen LogP contribution is -2.46. The van der Waals surface area contributed by atoms with Gasteiger partial charge in [0, 0.05) is 51.7 Å². The Labute approximate surface area is 154 Å². The average Bonchev–Trinajstić information content (AvgIpc) is 2.68. The van der Waals surface area contributed by atoms with Gasteiger partial charge in [-0.2, -0.15) is 0 Å². The van der Waals surface area contributed by atoms with Crippen LogP contribution in [0.25, 0.3) is 0 Å². The van der Waals surface area contributed by atoms with Gasteiger partial charge in [0.05, 0.1) is 12.2 Å². The first-order valence-corrected chi connectivity index (χ1v) is 8.97. The molecule has 2 aromatic rings. The molecule has 6 heteroatoms. The molecular weight excluding hydrogens is 328 g/mol. The van der Waals surface area contributed by atoms with Gasteiger partial charge < -0.3 is 19.9 Å². The second-order valence-corrected chi connectivity index (χ2v) is 6.47. The number of anilines is 2. The monoisotopic (exact) mass is 354 g/mol. The number of nitrogens with zero attached hydrogens (tertiary/aromatic N) is 3. The van der Waals surface area contributed by atoms with Gasteiger partial charge in [0.2, 0.25) is 0 Å². The second-order valence-electron chi connectivity index (χ2n) is 6.47. The fourth-order valence-electron chi connectivity index (χ4n) is 3.09. The van der Waals surface area contributed by atoms with Crippen LogP contribution in [-0.2, 0) is 4.74 Å². The smallest absolute Gasteiger partial charge is 0.252 e. The molecule has 2 heterocycles. The Bertz CT molecular complexity index is 725.